The van der Waals surface area contributed by atoms with Gasteiger partial charge in [-0.25, -0.2) is 0 Å². The molecule has 76 valence electrons. The molecule has 0 fully saturated rings. The molecule has 0 saturated heterocycles. The largest absolute Gasteiger partial charge is 0.370 e. The predicted octanol–water partition coefficient (Wildman–Crippen LogP) is 0.608. The maximum absolute atomic E-state index is 10.5. The van der Waals surface area contributed by atoms with Crippen molar-refractivity contribution in [1.82, 2.24) is 10.3 Å². The highest BCUT2D eigenvalue weighted by Gasteiger charge is 2.04. The Labute approximate surface area is 83.5 Å². The Hall–Kier alpha value is -1.42. The minimum absolute atomic E-state index is 0.149. The van der Waals surface area contributed by atoms with Crippen molar-refractivity contribution >= 4 is 5.91 Å². The number of hydrogen-bond acceptors (Lipinski definition) is 3. The second kappa shape index (κ2) is 5.34. The van der Waals surface area contributed by atoms with Crippen LogP contribution in [0.15, 0.2) is 24.4 Å². The van der Waals surface area contributed by atoms with Crippen LogP contribution in [0, 0.1) is 0 Å². The molecule has 1 rings (SSSR count). The third-order valence-corrected chi connectivity index (χ3v) is 1.95. The Kier molecular flexibility index (Phi) is 4.07. The maximum Gasteiger partial charge on any atom is 0.218 e. The molecule has 0 aliphatic carbocycles. The van der Waals surface area contributed by atoms with Crippen LogP contribution in [-0.2, 0) is 4.79 Å². The van der Waals surface area contributed by atoms with Crippen LogP contribution in [-0.4, -0.2) is 17.4 Å². The van der Waals surface area contributed by atoms with Gasteiger partial charge in [0, 0.05) is 25.2 Å². The van der Waals surface area contributed by atoms with Crippen LogP contribution in [0.2, 0.25) is 0 Å². The SMILES string of the molecule is C[C@H](NCCC(N)=O)c1ccccn1. The monoisotopic (exact) mass is 193 g/mol. The molecule has 0 radical (unpaired) electrons. The lowest BCUT2D eigenvalue weighted by molar-refractivity contribution is -0.117. The molecule has 0 unspecified atom stereocenters. The average molecular weight is 193 g/mol. The molecule has 3 N–H and O–H groups in total. The molecule has 0 aromatic carbocycles. The highest BCUT2D eigenvalue weighted by molar-refractivity contribution is 5.73. The Morgan fingerprint density at radius 3 is 3.00 bits per heavy atom. The second-order valence-corrected chi connectivity index (χ2v) is 3.15. The lowest BCUT2D eigenvalue weighted by Gasteiger charge is -2.11. The fraction of sp³-hybridized carbons (Fsp3) is 0.400. The number of amides is 1. The van der Waals surface area contributed by atoms with Gasteiger partial charge in [0.25, 0.3) is 0 Å². The van der Waals surface area contributed by atoms with Gasteiger partial charge in [0.15, 0.2) is 0 Å². The predicted molar refractivity (Wildman–Crippen MR) is 54.5 cm³/mol. The number of nitrogens with two attached hydrogens (primary N) is 1. The molecule has 0 saturated carbocycles. The van der Waals surface area contributed by atoms with Crippen LogP contribution in [0.25, 0.3) is 0 Å². The van der Waals surface area contributed by atoms with Gasteiger partial charge >= 0.3 is 0 Å². The number of hydrogen-bond donors (Lipinski definition) is 2. The van der Waals surface area contributed by atoms with E-state index in [9.17, 15) is 4.79 Å². The number of nitrogens with zero attached hydrogens (tertiary/aromatic N) is 1. The summed E-state index contributed by atoms with van der Waals surface area (Å²) in [4.78, 5) is 14.7. The van der Waals surface area contributed by atoms with Crippen LogP contribution >= 0.6 is 0 Å². The lowest BCUT2D eigenvalue weighted by Crippen LogP contribution is -2.25. The second-order valence-electron chi connectivity index (χ2n) is 3.15. The number of aromatic nitrogens is 1. The minimum atomic E-state index is -0.286. The zero-order valence-electron chi connectivity index (χ0n) is 8.23. The molecule has 1 amide bonds. The Bertz CT molecular complexity index is 287. The Morgan fingerprint density at radius 2 is 2.43 bits per heavy atom. The van der Waals surface area contributed by atoms with E-state index in [1.165, 1.54) is 0 Å². The molecule has 0 spiro atoms. The van der Waals surface area contributed by atoms with Gasteiger partial charge in [-0.15, -0.1) is 0 Å². The van der Waals surface area contributed by atoms with E-state index in [1.807, 2.05) is 25.1 Å². The molecule has 4 nitrogen and oxygen atoms in total. The molecular weight excluding hydrogens is 178 g/mol. The van der Waals surface area contributed by atoms with E-state index in [0.29, 0.717) is 13.0 Å². The van der Waals surface area contributed by atoms with E-state index in [2.05, 4.69) is 10.3 Å². The van der Waals surface area contributed by atoms with Gasteiger partial charge in [-0.05, 0) is 19.1 Å². The fourth-order valence-corrected chi connectivity index (χ4v) is 1.15. The standard InChI is InChI=1S/C10H15N3O/c1-8(12-7-5-10(11)14)9-4-2-3-6-13-9/h2-4,6,8,12H,5,7H2,1H3,(H2,11,14)/t8-/m0/s1. The summed E-state index contributed by atoms with van der Waals surface area (Å²) in [5.74, 6) is -0.286. The van der Waals surface area contributed by atoms with Crippen LogP contribution < -0.4 is 11.1 Å². The normalized spacial score (nSPS) is 12.4. The molecular formula is C10H15N3O. The van der Waals surface area contributed by atoms with Crippen molar-refractivity contribution in [2.75, 3.05) is 6.54 Å². The van der Waals surface area contributed by atoms with E-state index in [-0.39, 0.29) is 11.9 Å². The fourth-order valence-electron chi connectivity index (χ4n) is 1.15. The van der Waals surface area contributed by atoms with Gasteiger partial charge in [-0.3, -0.25) is 9.78 Å². The summed E-state index contributed by atoms with van der Waals surface area (Å²) in [6.07, 6.45) is 2.11. The van der Waals surface area contributed by atoms with Crippen LogP contribution in [0.4, 0.5) is 0 Å². The van der Waals surface area contributed by atoms with Crippen molar-refractivity contribution < 1.29 is 4.79 Å². The van der Waals surface area contributed by atoms with E-state index in [0.717, 1.165) is 5.69 Å². The summed E-state index contributed by atoms with van der Waals surface area (Å²) < 4.78 is 0. The summed E-state index contributed by atoms with van der Waals surface area (Å²) in [5.41, 5.74) is 5.99. The summed E-state index contributed by atoms with van der Waals surface area (Å²) in [5, 5.41) is 3.17. The smallest absolute Gasteiger partial charge is 0.218 e. The van der Waals surface area contributed by atoms with Gasteiger partial charge in [-0.2, -0.15) is 0 Å². The van der Waals surface area contributed by atoms with Crippen molar-refractivity contribution in [3.8, 4) is 0 Å². The number of pyridine rings is 1. The number of carbonyl (C=O) groups is 1. The first-order valence-corrected chi connectivity index (χ1v) is 4.63. The molecule has 0 aliphatic rings. The minimum Gasteiger partial charge on any atom is -0.370 e. The van der Waals surface area contributed by atoms with Gasteiger partial charge in [0.05, 0.1) is 5.69 Å². The third kappa shape index (κ3) is 3.53. The van der Waals surface area contributed by atoms with Gasteiger partial charge in [0.1, 0.15) is 0 Å². The molecule has 1 atom stereocenters. The first kappa shape index (κ1) is 10.7. The first-order valence-electron chi connectivity index (χ1n) is 4.63. The van der Waals surface area contributed by atoms with Crippen molar-refractivity contribution in [2.24, 2.45) is 5.73 Å². The Morgan fingerprint density at radius 1 is 1.64 bits per heavy atom. The van der Waals surface area contributed by atoms with Gasteiger partial charge in [-0.1, -0.05) is 6.07 Å². The summed E-state index contributed by atoms with van der Waals surface area (Å²) >= 11 is 0. The molecule has 4 heteroatoms. The highest BCUT2D eigenvalue weighted by atomic mass is 16.1. The lowest BCUT2D eigenvalue weighted by atomic mass is 10.2. The van der Waals surface area contributed by atoms with E-state index >= 15 is 0 Å². The number of nitrogens with one attached hydrogen (secondary N) is 1. The average Bonchev–Trinajstić information content (AvgIpc) is 2.18. The number of primary amides is 1. The molecule has 1 heterocycles. The van der Waals surface area contributed by atoms with Crippen molar-refractivity contribution in [1.29, 1.82) is 0 Å². The molecule has 14 heavy (non-hydrogen) atoms. The van der Waals surface area contributed by atoms with E-state index in [1.54, 1.807) is 6.20 Å². The number of rotatable bonds is 5. The molecule has 0 bridgehead atoms. The molecule has 1 aromatic rings. The Balaban J connectivity index is 2.36. The van der Waals surface area contributed by atoms with E-state index < -0.39 is 0 Å². The summed E-state index contributed by atoms with van der Waals surface area (Å²) in [6.45, 7) is 2.59. The number of carbonyl (C=O) groups excluding carboxylic acids is 1. The third-order valence-electron chi connectivity index (χ3n) is 1.95. The van der Waals surface area contributed by atoms with Gasteiger partial charge in [0.2, 0.25) is 5.91 Å². The highest BCUT2D eigenvalue weighted by Crippen LogP contribution is 2.06. The van der Waals surface area contributed by atoms with Crippen molar-refractivity contribution in [3.05, 3.63) is 30.1 Å². The van der Waals surface area contributed by atoms with Gasteiger partial charge < -0.3 is 11.1 Å². The zero-order valence-corrected chi connectivity index (χ0v) is 8.23. The summed E-state index contributed by atoms with van der Waals surface area (Å²) in [6, 6.07) is 5.91. The zero-order chi connectivity index (χ0) is 10.4. The topological polar surface area (TPSA) is 68.0 Å². The molecule has 0 aliphatic heterocycles. The van der Waals surface area contributed by atoms with Crippen molar-refractivity contribution in [3.63, 3.8) is 0 Å². The maximum atomic E-state index is 10.5. The first-order chi connectivity index (χ1) is 6.70. The van der Waals surface area contributed by atoms with Crippen LogP contribution in [0.3, 0.4) is 0 Å². The summed E-state index contributed by atoms with van der Waals surface area (Å²) in [7, 11) is 0. The van der Waals surface area contributed by atoms with Crippen LogP contribution in [0.5, 0.6) is 0 Å². The van der Waals surface area contributed by atoms with Crippen molar-refractivity contribution in [2.45, 2.75) is 19.4 Å². The van der Waals surface area contributed by atoms with E-state index in [4.69, 9.17) is 5.73 Å². The van der Waals surface area contributed by atoms with Crippen LogP contribution in [0.1, 0.15) is 25.1 Å². The quantitative estimate of drug-likeness (QED) is 0.719. The molecule has 1 aromatic heterocycles.